The van der Waals surface area contributed by atoms with Gasteiger partial charge in [-0.2, -0.15) is 20.0 Å². The Balaban J connectivity index is 1.41. The number of rotatable bonds is 5. The Morgan fingerprint density at radius 2 is 2.09 bits per heavy atom. The van der Waals surface area contributed by atoms with Gasteiger partial charge in [-0.15, -0.1) is 0 Å². The minimum Gasteiger partial charge on any atom is -0.424 e. The summed E-state index contributed by atoms with van der Waals surface area (Å²) in [4.78, 5) is 21.0. The molecule has 1 aliphatic rings. The van der Waals surface area contributed by atoms with Crippen LogP contribution < -0.4 is 5.32 Å². The highest BCUT2D eigenvalue weighted by Crippen LogP contribution is 2.29. The minimum atomic E-state index is -0.601. The second-order valence-corrected chi connectivity index (χ2v) is 8.59. The standard InChI is InChI=1S/C23H22ClFN6O2/c1-14-4-3-11-30(19(14)13-26-23-29-17-8-7-15(24)12-20(17)33-23)22(32)21-16(25)5-2-6-18(21)31-27-9-10-28-31/h2,5-10,12,14,19H,3-4,11,13H2,1H3,(H,26,29). The predicted octanol–water partition coefficient (Wildman–Crippen LogP) is 4.55. The van der Waals surface area contributed by atoms with Gasteiger partial charge < -0.3 is 14.6 Å². The fraction of sp³-hybridized carbons (Fsp3) is 0.304. The number of benzene rings is 2. The number of anilines is 1. The van der Waals surface area contributed by atoms with Crippen LogP contribution in [0.3, 0.4) is 0 Å². The van der Waals surface area contributed by atoms with Gasteiger partial charge in [0.15, 0.2) is 5.58 Å². The third-order valence-electron chi connectivity index (χ3n) is 6.03. The van der Waals surface area contributed by atoms with Crippen molar-refractivity contribution >= 4 is 34.6 Å². The molecule has 0 aliphatic carbocycles. The van der Waals surface area contributed by atoms with Crippen LogP contribution in [0.1, 0.15) is 30.1 Å². The molecule has 0 radical (unpaired) electrons. The molecule has 5 rings (SSSR count). The van der Waals surface area contributed by atoms with E-state index in [1.165, 1.54) is 23.3 Å². The van der Waals surface area contributed by atoms with E-state index in [-0.39, 0.29) is 23.4 Å². The number of hydrogen-bond acceptors (Lipinski definition) is 6. The average molecular weight is 469 g/mol. The third-order valence-corrected chi connectivity index (χ3v) is 6.26. The number of likely N-dealkylation sites (tertiary alicyclic amines) is 1. The van der Waals surface area contributed by atoms with Crippen LogP contribution in [0, 0.1) is 11.7 Å². The van der Waals surface area contributed by atoms with E-state index in [4.69, 9.17) is 16.0 Å². The van der Waals surface area contributed by atoms with Gasteiger partial charge in [0, 0.05) is 24.2 Å². The van der Waals surface area contributed by atoms with Crippen molar-refractivity contribution in [3.8, 4) is 5.69 Å². The molecular weight excluding hydrogens is 447 g/mol. The maximum atomic E-state index is 14.9. The zero-order chi connectivity index (χ0) is 22.9. The summed E-state index contributed by atoms with van der Waals surface area (Å²) in [6.07, 6.45) is 4.78. The highest BCUT2D eigenvalue weighted by Gasteiger charge is 2.35. The summed E-state index contributed by atoms with van der Waals surface area (Å²) >= 11 is 6.03. The Labute approximate surface area is 194 Å². The number of hydrogen-bond donors (Lipinski definition) is 1. The van der Waals surface area contributed by atoms with Gasteiger partial charge in [0.2, 0.25) is 0 Å². The van der Waals surface area contributed by atoms with E-state index in [0.717, 1.165) is 12.8 Å². The van der Waals surface area contributed by atoms with Crippen molar-refractivity contribution in [2.75, 3.05) is 18.4 Å². The maximum Gasteiger partial charge on any atom is 0.295 e. The fourth-order valence-corrected chi connectivity index (χ4v) is 4.52. The van der Waals surface area contributed by atoms with Crippen LogP contribution in [-0.4, -0.2) is 49.9 Å². The second kappa shape index (κ2) is 8.82. The molecule has 1 saturated heterocycles. The van der Waals surface area contributed by atoms with E-state index in [1.807, 2.05) is 0 Å². The monoisotopic (exact) mass is 468 g/mol. The first-order valence-electron chi connectivity index (χ1n) is 10.8. The predicted molar refractivity (Wildman–Crippen MR) is 122 cm³/mol. The van der Waals surface area contributed by atoms with E-state index >= 15 is 0 Å². The zero-order valence-corrected chi connectivity index (χ0v) is 18.7. The van der Waals surface area contributed by atoms with Crippen LogP contribution in [0.5, 0.6) is 0 Å². The van der Waals surface area contributed by atoms with Crippen LogP contribution in [0.25, 0.3) is 16.8 Å². The van der Waals surface area contributed by atoms with E-state index in [1.54, 1.807) is 35.2 Å². The van der Waals surface area contributed by atoms with Gasteiger partial charge in [-0.3, -0.25) is 4.79 Å². The van der Waals surface area contributed by atoms with Crippen LogP contribution >= 0.6 is 11.6 Å². The molecule has 0 spiro atoms. The maximum absolute atomic E-state index is 14.9. The van der Waals surface area contributed by atoms with Crippen molar-refractivity contribution in [3.05, 3.63) is 65.2 Å². The summed E-state index contributed by atoms with van der Waals surface area (Å²) in [6, 6.07) is 9.88. The number of piperidine rings is 1. The molecule has 1 amide bonds. The molecule has 0 saturated carbocycles. The van der Waals surface area contributed by atoms with Crippen LogP contribution in [-0.2, 0) is 0 Å². The summed E-state index contributed by atoms with van der Waals surface area (Å²) in [7, 11) is 0. The number of nitrogens with zero attached hydrogens (tertiary/aromatic N) is 5. The van der Waals surface area contributed by atoms with E-state index in [9.17, 15) is 9.18 Å². The van der Waals surface area contributed by atoms with E-state index in [2.05, 4.69) is 27.4 Å². The van der Waals surface area contributed by atoms with Gasteiger partial charge in [-0.05, 0) is 43.0 Å². The molecule has 2 aromatic carbocycles. The molecule has 2 aromatic heterocycles. The molecule has 3 heterocycles. The number of oxazole rings is 1. The van der Waals surface area contributed by atoms with Crippen molar-refractivity contribution in [2.24, 2.45) is 5.92 Å². The smallest absolute Gasteiger partial charge is 0.295 e. The first-order chi connectivity index (χ1) is 16.0. The quantitative estimate of drug-likeness (QED) is 0.462. The third kappa shape index (κ3) is 4.16. The molecule has 2 unspecified atom stereocenters. The molecule has 4 aromatic rings. The number of fused-ring (bicyclic) bond motifs is 1. The van der Waals surface area contributed by atoms with Gasteiger partial charge >= 0.3 is 0 Å². The first kappa shape index (κ1) is 21.4. The summed E-state index contributed by atoms with van der Waals surface area (Å²) in [5.74, 6) is -0.786. The summed E-state index contributed by atoms with van der Waals surface area (Å²) in [6.45, 7) is 3.03. The number of nitrogens with one attached hydrogen (secondary N) is 1. The molecule has 10 heteroatoms. The van der Waals surface area contributed by atoms with Crippen molar-refractivity contribution in [1.82, 2.24) is 24.9 Å². The van der Waals surface area contributed by atoms with Crippen molar-refractivity contribution < 1.29 is 13.6 Å². The largest absolute Gasteiger partial charge is 0.424 e. The van der Waals surface area contributed by atoms with E-state index in [0.29, 0.717) is 40.9 Å². The van der Waals surface area contributed by atoms with Gasteiger partial charge in [0.25, 0.3) is 11.9 Å². The topological polar surface area (TPSA) is 89.1 Å². The Bertz CT molecular complexity index is 1290. The lowest BCUT2D eigenvalue weighted by Crippen LogP contribution is -2.51. The Morgan fingerprint density at radius 3 is 2.91 bits per heavy atom. The minimum absolute atomic E-state index is 0.0377. The summed E-state index contributed by atoms with van der Waals surface area (Å²) in [5.41, 5.74) is 1.54. The first-order valence-corrected chi connectivity index (χ1v) is 11.1. The van der Waals surface area contributed by atoms with Crippen molar-refractivity contribution in [1.29, 1.82) is 0 Å². The molecule has 0 bridgehead atoms. The lowest BCUT2D eigenvalue weighted by atomic mass is 9.90. The molecule has 170 valence electrons. The molecule has 2 atom stereocenters. The molecule has 1 fully saturated rings. The van der Waals surface area contributed by atoms with Crippen LogP contribution in [0.15, 0.2) is 53.2 Å². The van der Waals surface area contributed by atoms with E-state index < -0.39 is 5.82 Å². The number of halogens is 2. The lowest BCUT2D eigenvalue weighted by molar-refractivity contribution is 0.0534. The highest BCUT2D eigenvalue weighted by atomic mass is 35.5. The van der Waals surface area contributed by atoms with Crippen LogP contribution in [0.2, 0.25) is 5.02 Å². The molecule has 33 heavy (non-hydrogen) atoms. The van der Waals surface area contributed by atoms with Crippen molar-refractivity contribution in [2.45, 2.75) is 25.8 Å². The average Bonchev–Trinajstić information content (AvgIpc) is 3.47. The number of amides is 1. The molecular formula is C23H22ClFN6O2. The second-order valence-electron chi connectivity index (χ2n) is 8.15. The summed E-state index contributed by atoms with van der Waals surface area (Å²) < 4.78 is 20.7. The molecule has 8 nitrogen and oxygen atoms in total. The normalized spacial score (nSPS) is 18.6. The Hall–Kier alpha value is -3.46. The number of aromatic nitrogens is 4. The lowest BCUT2D eigenvalue weighted by Gasteiger charge is -2.40. The number of carbonyl (C=O) groups excluding carboxylic acids is 1. The SMILES string of the molecule is CC1CCCN(C(=O)c2c(F)cccc2-n2nccn2)C1CNc1nc2ccc(Cl)cc2o1. The Morgan fingerprint density at radius 1 is 1.27 bits per heavy atom. The van der Waals surface area contributed by atoms with Gasteiger partial charge in [-0.25, -0.2) is 4.39 Å². The van der Waals surface area contributed by atoms with Gasteiger partial charge in [0.05, 0.1) is 18.4 Å². The molecule has 1 N–H and O–H groups in total. The fourth-order valence-electron chi connectivity index (χ4n) is 4.35. The number of carbonyl (C=O) groups is 1. The molecule has 1 aliphatic heterocycles. The van der Waals surface area contributed by atoms with Gasteiger partial charge in [0.1, 0.15) is 22.6 Å². The van der Waals surface area contributed by atoms with Crippen molar-refractivity contribution in [3.63, 3.8) is 0 Å². The highest BCUT2D eigenvalue weighted by molar-refractivity contribution is 6.31. The summed E-state index contributed by atoms with van der Waals surface area (Å²) in [5, 5.41) is 11.9. The van der Waals surface area contributed by atoms with Gasteiger partial charge in [-0.1, -0.05) is 24.6 Å². The van der Waals surface area contributed by atoms with Crippen LogP contribution in [0.4, 0.5) is 10.4 Å². The Kier molecular flexibility index (Phi) is 5.72. The zero-order valence-electron chi connectivity index (χ0n) is 17.9.